The van der Waals surface area contributed by atoms with E-state index in [1.54, 1.807) is 25.5 Å². The summed E-state index contributed by atoms with van der Waals surface area (Å²) in [6, 6.07) is 5.01. The lowest BCUT2D eigenvalue weighted by molar-refractivity contribution is -0.385. The number of aromatic nitrogens is 2. The van der Waals surface area contributed by atoms with Crippen molar-refractivity contribution in [3.63, 3.8) is 0 Å². The van der Waals surface area contributed by atoms with Crippen LogP contribution < -0.4 is 5.32 Å². The quantitative estimate of drug-likeness (QED) is 0.663. The normalized spacial score (nSPS) is 10.3. The van der Waals surface area contributed by atoms with Gasteiger partial charge in [-0.3, -0.25) is 10.1 Å². The Balaban J connectivity index is 2.17. The highest BCUT2D eigenvalue weighted by atomic mass is 16.6. The minimum atomic E-state index is -0.370. The second kappa shape index (κ2) is 4.87. The number of aryl methyl sites for hydroxylation is 1. The van der Waals surface area contributed by atoms with Gasteiger partial charge in [0.25, 0.3) is 5.69 Å². The number of nitro groups is 1. The van der Waals surface area contributed by atoms with Crippen LogP contribution in [0.5, 0.6) is 0 Å². The predicted molar refractivity (Wildman–Crippen MR) is 68.4 cm³/mol. The van der Waals surface area contributed by atoms with Crippen molar-refractivity contribution in [3.8, 4) is 0 Å². The highest BCUT2D eigenvalue weighted by molar-refractivity contribution is 5.59. The van der Waals surface area contributed by atoms with Gasteiger partial charge in [-0.1, -0.05) is 6.07 Å². The van der Waals surface area contributed by atoms with Gasteiger partial charge in [0.05, 0.1) is 23.5 Å². The molecule has 0 amide bonds. The Morgan fingerprint density at radius 2 is 2.28 bits per heavy atom. The van der Waals surface area contributed by atoms with E-state index < -0.39 is 0 Å². The van der Waals surface area contributed by atoms with Crippen LogP contribution in [0.3, 0.4) is 0 Å². The molecule has 1 aromatic carbocycles. The molecule has 0 atom stereocenters. The first-order valence-corrected chi connectivity index (χ1v) is 5.52. The summed E-state index contributed by atoms with van der Waals surface area (Å²) in [5.74, 6) is 0. The van der Waals surface area contributed by atoms with Crippen LogP contribution in [0.1, 0.15) is 11.3 Å². The molecule has 18 heavy (non-hydrogen) atoms. The number of hydrogen-bond acceptors (Lipinski definition) is 4. The summed E-state index contributed by atoms with van der Waals surface area (Å²) in [7, 11) is 1.91. The van der Waals surface area contributed by atoms with E-state index in [-0.39, 0.29) is 10.6 Å². The highest BCUT2D eigenvalue weighted by Crippen LogP contribution is 2.25. The number of anilines is 1. The molecule has 1 aromatic heterocycles. The van der Waals surface area contributed by atoms with Crippen molar-refractivity contribution in [2.24, 2.45) is 7.05 Å². The highest BCUT2D eigenvalue weighted by Gasteiger charge is 2.12. The van der Waals surface area contributed by atoms with Gasteiger partial charge in [-0.2, -0.15) is 0 Å². The van der Waals surface area contributed by atoms with E-state index in [4.69, 9.17) is 0 Å². The molecule has 94 valence electrons. The fourth-order valence-electron chi connectivity index (χ4n) is 1.75. The maximum atomic E-state index is 10.8. The van der Waals surface area contributed by atoms with Crippen LogP contribution in [0.4, 0.5) is 11.4 Å². The molecule has 0 saturated carbocycles. The third-order valence-corrected chi connectivity index (χ3v) is 2.88. The molecule has 0 spiro atoms. The van der Waals surface area contributed by atoms with Gasteiger partial charge < -0.3 is 9.88 Å². The number of rotatable bonds is 4. The second-order valence-electron chi connectivity index (χ2n) is 4.06. The average Bonchev–Trinajstić information content (AvgIpc) is 2.73. The van der Waals surface area contributed by atoms with Crippen molar-refractivity contribution in [2.75, 3.05) is 5.32 Å². The van der Waals surface area contributed by atoms with Gasteiger partial charge in [0.15, 0.2) is 0 Å². The van der Waals surface area contributed by atoms with E-state index >= 15 is 0 Å². The third-order valence-electron chi connectivity index (χ3n) is 2.88. The van der Waals surface area contributed by atoms with Crippen LogP contribution >= 0.6 is 0 Å². The van der Waals surface area contributed by atoms with E-state index in [2.05, 4.69) is 10.3 Å². The molecule has 0 radical (unpaired) electrons. The SMILES string of the molecule is Cc1c(NCc2cncn2C)cccc1[N+](=O)[O-]. The van der Waals surface area contributed by atoms with Gasteiger partial charge in [0.1, 0.15) is 0 Å². The number of nitrogens with one attached hydrogen (secondary N) is 1. The van der Waals surface area contributed by atoms with Crippen molar-refractivity contribution in [3.05, 3.63) is 52.1 Å². The number of benzene rings is 1. The molecule has 0 aliphatic carbocycles. The van der Waals surface area contributed by atoms with Gasteiger partial charge in [-0.15, -0.1) is 0 Å². The van der Waals surface area contributed by atoms with Crippen LogP contribution in [0.25, 0.3) is 0 Å². The van der Waals surface area contributed by atoms with E-state index in [9.17, 15) is 10.1 Å². The fraction of sp³-hybridized carbons (Fsp3) is 0.250. The summed E-state index contributed by atoms with van der Waals surface area (Å²) in [4.78, 5) is 14.5. The average molecular weight is 246 g/mol. The van der Waals surface area contributed by atoms with Crippen molar-refractivity contribution in [2.45, 2.75) is 13.5 Å². The lowest BCUT2D eigenvalue weighted by atomic mass is 10.1. The van der Waals surface area contributed by atoms with Crippen LogP contribution in [0, 0.1) is 17.0 Å². The Bertz CT molecular complexity index is 577. The zero-order chi connectivity index (χ0) is 13.1. The van der Waals surface area contributed by atoms with E-state index in [1.807, 2.05) is 17.7 Å². The number of nitro benzene ring substituents is 1. The molecule has 2 rings (SSSR count). The summed E-state index contributed by atoms with van der Waals surface area (Å²) in [6.45, 7) is 2.32. The summed E-state index contributed by atoms with van der Waals surface area (Å²) >= 11 is 0. The zero-order valence-corrected chi connectivity index (χ0v) is 10.3. The Labute approximate surface area is 104 Å². The maximum absolute atomic E-state index is 10.8. The lowest BCUT2D eigenvalue weighted by Crippen LogP contribution is -2.05. The first kappa shape index (κ1) is 12.1. The van der Waals surface area contributed by atoms with Crippen molar-refractivity contribution < 1.29 is 4.92 Å². The molecule has 6 heteroatoms. The van der Waals surface area contributed by atoms with Gasteiger partial charge in [0.2, 0.25) is 0 Å². The standard InChI is InChI=1S/C12H14N4O2/c1-9-11(4-3-5-12(9)16(17)18)14-7-10-6-13-8-15(10)2/h3-6,8,14H,7H2,1-2H3. The zero-order valence-electron chi connectivity index (χ0n) is 10.3. The molecular weight excluding hydrogens is 232 g/mol. The van der Waals surface area contributed by atoms with Gasteiger partial charge >= 0.3 is 0 Å². The molecule has 0 saturated heterocycles. The lowest BCUT2D eigenvalue weighted by Gasteiger charge is -2.09. The minimum absolute atomic E-state index is 0.130. The Morgan fingerprint density at radius 1 is 1.50 bits per heavy atom. The largest absolute Gasteiger partial charge is 0.379 e. The molecule has 2 aromatic rings. The molecule has 0 bridgehead atoms. The van der Waals surface area contributed by atoms with E-state index in [1.165, 1.54) is 6.07 Å². The van der Waals surface area contributed by atoms with Crippen LogP contribution in [0.2, 0.25) is 0 Å². The van der Waals surface area contributed by atoms with Crippen molar-refractivity contribution in [1.29, 1.82) is 0 Å². The van der Waals surface area contributed by atoms with E-state index in [0.29, 0.717) is 12.1 Å². The first-order chi connectivity index (χ1) is 8.59. The number of nitrogens with zero attached hydrogens (tertiary/aromatic N) is 3. The number of imidazole rings is 1. The van der Waals surface area contributed by atoms with Crippen molar-refractivity contribution >= 4 is 11.4 Å². The van der Waals surface area contributed by atoms with Crippen molar-refractivity contribution in [1.82, 2.24) is 9.55 Å². The number of hydrogen-bond donors (Lipinski definition) is 1. The first-order valence-electron chi connectivity index (χ1n) is 5.52. The molecule has 0 aliphatic rings. The molecular formula is C12H14N4O2. The van der Waals surface area contributed by atoms with Crippen LogP contribution in [-0.2, 0) is 13.6 Å². The summed E-state index contributed by atoms with van der Waals surface area (Å²) in [5, 5.41) is 14.0. The molecule has 0 fully saturated rings. The van der Waals surface area contributed by atoms with Crippen LogP contribution in [-0.4, -0.2) is 14.5 Å². The van der Waals surface area contributed by atoms with E-state index in [0.717, 1.165) is 11.4 Å². The summed E-state index contributed by atoms with van der Waals surface area (Å²) in [5.41, 5.74) is 2.56. The Morgan fingerprint density at radius 3 is 2.89 bits per heavy atom. The molecule has 0 unspecified atom stereocenters. The van der Waals surface area contributed by atoms with Gasteiger partial charge in [-0.05, 0) is 13.0 Å². The summed E-state index contributed by atoms with van der Waals surface area (Å²) in [6.07, 6.45) is 3.48. The third kappa shape index (κ3) is 2.32. The predicted octanol–water partition coefficient (Wildman–Crippen LogP) is 2.25. The van der Waals surface area contributed by atoms with Gasteiger partial charge in [-0.25, -0.2) is 4.98 Å². The van der Waals surface area contributed by atoms with Gasteiger partial charge in [0, 0.05) is 30.6 Å². The monoisotopic (exact) mass is 246 g/mol. The Kier molecular flexibility index (Phi) is 3.27. The topological polar surface area (TPSA) is 73.0 Å². The second-order valence-corrected chi connectivity index (χ2v) is 4.06. The smallest absolute Gasteiger partial charge is 0.274 e. The van der Waals surface area contributed by atoms with Crippen LogP contribution in [0.15, 0.2) is 30.7 Å². The molecule has 0 aliphatic heterocycles. The Hall–Kier alpha value is -2.37. The maximum Gasteiger partial charge on any atom is 0.274 e. The molecule has 1 heterocycles. The molecule has 6 nitrogen and oxygen atoms in total. The fourth-order valence-corrected chi connectivity index (χ4v) is 1.75. The summed E-state index contributed by atoms with van der Waals surface area (Å²) < 4.78 is 1.90. The minimum Gasteiger partial charge on any atom is -0.379 e. The molecule has 1 N–H and O–H groups in total.